The zero-order valence-electron chi connectivity index (χ0n) is 11.1. The standard InChI is InChI=1S/C14H26N2O/c1-17-11-14-6-2-3-12(14)9-16(10-14)13-4-7-15-8-5-13/h12-13,15H,2-11H2,1H3/t12-,14-/m0/s1. The Morgan fingerprint density at radius 2 is 2.12 bits per heavy atom. The highest BCUT2D eigenvalue weighted by molar-refractivity contribution is 5.02. The molecule has 3 rings (SSSR count). The van der Waals surface area contributed by atoms with Gasteiger partial charge in [-0.15, -0.1) is 0 Å². The van der Waals surface area contributed by atoms with Gasteiger partial charge in [0, 0.05) is 31.7 Å². The average molecular weight is 238 g/mol. The lowest BCUT2D eigenvalue weighted by molar-refractivity contribution is 0.0652. The third-order valence-electron chi connectivity index (χ3n) is 5.32. The molecule has 3 fully saturated rings. The summed E-state index contributed by atoms with van der Waals surface area (Å²) in [7, 11) is 1.87. The predicted molar refractivity (Wildman–Crippen MR) is 69.1 cm³/mol. The highest BCUT2D eigenvalue weighted by Gasteiger charge is 2.50. The molecule has 0 bridgehead atoms. The molecule has 0 spiro atoms. The molecule has 0 aromatic rings. The molecule has 1 saturated carbocycles. The number of ether oxygens (including phenoxy) is 1. The first-order chi connectivity index (χ1) is 8.34. The quantitative estimate of drug-likeness (QED) is 0.806. The van der Waals surface area contributed by atoms with Crippen LogP contribution in [0.5, 0.6) is 0 Å². The molecule has 2 atom stereocenters. The molecule has 2 aliphatic heterocycles. The fraction of sp³-hybridized carbons (Fsp3) is 1.00. The van der Waals surface area contributed by atoms with E-state index in [1.165, 1.54) is 58.3 Å². The van der Waals surface area contributed by atoms with Gasteiger partial charge in [-0.2, -0.15) is 0 Å². The lowest BCUT2D eigenvalue weighted by Gasteiger charge is -2.33. The van der Waals surface area contributed by atoms with Gasteiger partial charge in [0.25, 0.3) is 0 Å². The van der Waals surface area contributed by atoms with Crippen LogP contribution in [0.2, 0.25) is 0 Å². The Labute approximate surface area is 105 Å². The highest BCUT2D eigenvalue weighted by atomic mass is 16.5. The number of nitrogens with zero attached hydrogens (tertiary/aromatic N) is 1. The van der Waals surface area contributed by atoms with Gasteiger partial charge in [-0.25, -0.2) is 0 Å². The smallest absolute Gasteiger partial charge is 0.0534 e. The maximum absolute atomic E-state index is 5.53. The number of piperidine rings is 1. The second-order valence-corrected chi connectivity index (χ2v) is 6.30. The van der Waals surface area contributed by atoms with E-state index >= 15 is 0 Å². The van der Waals surface area contributed by atoms with E-state index < -0.39 is 0 Å². The van der Waals surface area contributed by atoms with Gasteiger partial charge in [-0.05, 0) is 44.7 Å². The Bertz CT molecular complexity index is 265. The first kappa shape index (κ1) is 11.9. The maximum atomic E-state index is 5.53. The summed E-state index contributed by atoms with van der Waals surface area (Å²) in [5.74, 6) is 0.914. The van der Waals surface area contributed by atoms with Crippen LogP contribution in [-0.4, -0.2) is 50.8 Å². The van der Waals surface area contributed by atoms with E-state index in [0.29, 0.717) is 5.41 Å². The van der Waals surface area contributed by atoms with Crippen molar-refractivity contribution in [2.45, 2.75) is 38.1 Å². The SMILES string of the molecule is COC[C@@]12CCC[C@H]1CN(C1CCNCC1)C2. The van der Waals surface area contributed by atoms with Crippen molar-refractivity contribution >= 4 is 0 Å². The Morgan fingerprint density at radius 1 is 1.29 bits per heavy atom. The lowest BCUT2D eigenvalue weighted by atomic mass is 9.82. The number of likely N-dealkylation sites (tertiary alicyclic amines) is 1. The number of hydrogen-bond donors (Lipinski definition) is 1. The van der Waals surface area contributed by atoms with E-state index in [1.807, 2.05) is 7.11 Å². The lowest BCUT2D eigenvalue weighted by Crippen LogP contribution is -2.43. The third kappa shape index (κ3) is 2.13. The van der Waals surface area contributed by atoms with E-state index in [9.17, 15) is 0 Å². The van der Waals surface area contributed by atoms with Gasteiger partial charge < -0.3 is 10.1 Å². The zero-order chi connectivity index (χ0) is 11.7. The summed E-state index contributed by atoms with van der Waals surface area (Å²) in [5.41, 5.74) is 0.514. The average Bonchev–Trinajstić information content (AvgIpc) is 2.87. The van der Waals surface area contributed by atoms with E-state index in [-0.39, 0.29) is 0 Å². The van der Waals surface area contributed by atoms with Crippen LogP contribution in [0, 0.1) is 11.3 Å². The molecule has 17 heavy (non-hydrogen) atoms. The zero-order valence-corrected chi connectivity index (χ0v) is 11.1. The summed E-state index contributed by atoms with van der Waals surface area (Å²) >= 11 is 0. The van der Waals surface area contributed by atoms with Crippen molar-refractivity contribution in [1.29, 1.82) is 0 Å². The van der Waals surface area contributed by atoms with Crippen molar-refractivity contribution in [3.8, 4) is 0 Å². The molecule has 3 nitrogen and oxygen atoms in total. The van der Waals surface area contributed by atoms with Crippen LogP contribution in [0.3, 0.4) is 0 Å². The minimum absolute atomic E-state index is 0.514. The molecular formula is C14H26N2O. The van der Waals surface area contributed by atoms with E-state index in [1.54, 1.807) is 0 Å². The molecule has 0 unspecified atom stereocenters. The van der Waals surface area contributed by atoms with E-state index in [4.69, 9.17) is 4.74 Å². The van der Waals surface area contributed by atoms with Crippen molar-refractivity contribution in [2.24, 2.45) is 11.3 Å². The molecule has 3 aliphatic rings. The second-order valence-electron chi connectivity index (χ2n) is 6.30. The maximum Gasteiger partial charge on any atom is 0.0534 e. The molecule has 0 aromatic carbocycles. The molecule has 0 amide bonds. The Kier molecular flexibility index (Phi) is 3.42. The molecule has 0 radical (unpaired) electrons. The first-order valence-corrected chi connectivity index (χ1v) is 7.28. The number of methoxy groups -OCH3 is 1. The fourth-order valence-electron chi connectivity index (χ4n) is 4.43. The van der Waals surface area contributed by atoms with Gasteiger partial charge in [0.1, 0.15) is 0 Å². The van der Waals surface area contributed by atoms with Crippen LogP contribution >= 0.6 is 0 Å². The minimum Gasteiger partial charge on any atom is -0.384 e. The number of rotatable bonds is 3. The second kappa shape index (κ2) is 4.87. The Morgan fingerprint density at radius 3 is 2.88 bits per heavy atom. The molecule has 2 heterocycles. The van der Waals surface area contributed by atoms with Crippen LogP contribution in [0.4, 0.5) is 0 Å². The molecule has 3 heteroatoms. The number of fused-ring (bicyclic) bond motifs is 1. The van der Waals surface area contributed by atoms with Crippen LogP contribution in [0.1, 0.15) is 32.1 Å². The molecule has 98 valence electrons. The van der Waals surface area contributed by atoms with Crippen LogP contribution in [0.15, 0.2) is 0 Å². The van der Waals surface area contributed by atoms with Gasteiger partial charge in [0.2, 0.25) is 0 Å². The highest BCUT2D eigenvalue weighted by Crippen LogP contribution is 2.49. The summed E-state index contributed by atoms with van der Waals surface area (Å²) in [6, 6.07) is 0.843. The summed E-state index contributed by atoms with van der Waals surface area (Å²) in [6.07, 6.45) is 6.94. The van der Waals surface area contributed by atoms with Gasteiger partial charge in [-0.3, -0.25) is 4.90 Å². The normalized spacial score (nSPS) is 39.7. The van der Waals surface area contributed by atoms with Crippen molar-refractivity contribution in [2.75, 3.05) is 39.9 Å². The first-order valence-electron chi connectivity index (χ1n) is 7.28. The van der Waals surface area contributed by atoms with E-state index in [0.717, 1.165) is 18.6 Å². The fourth-order valence-corrected chi connectivity index (χ4v) is 4.43. The summed E-state index contributed by atoms with van der Waals surface area (Å²) in [6.45, 7) is 6.05. The summed E-state index contributed by atoms with van der Waals surface area (Å²) < 4.78 is 5.53. The minimum atomic E-state index is 0.514. The van der Waals surface area contributed by atoms with Gasteiger partial charge in [0.05, 0.1) is 6.61 Å². The largest absolute Gasteiger partial charge is 0.384 e. The predicted octanol–water partition coefficient (Wildman–Crippen LogP) is 1.49. The monoisotopic (exact) mass is 238 g/mol. The van der Waals surface area contributed by atoms with Crippen molar-refractivity contribution in [1.82, 2.24) is 10.2 Å². The number of hydrogen-bond acceptors (Lipinski definition) is 3. The van der Waals surface area contributed by atoms with Gasteiger partial charge >= 0.3 is 0 Å². The topological polar surface area (TPSA) is 24.5 Å². The third-order valence-corrected chi connectivity index (χ3v) is 5.32. The van der Waals surface area contributed by atoms with E-state index in [2.05, 4.69) is 10.2 Å². The molecular weight excluding hydrogens is 212 g/mol. The van der Waals surface area contributed by atoms with Crippen molar-refractivity contribution < 1.29 is 4.74 Å². The summed E-state index contributed by atoms with van der Waals surface area (Å²) in [5, 5.41) is 3.47. The number of nitrogens with one attached hydrogen (secondary N) is 1. The Balaban J connectivity index is 1.66. The summed E-state index contributed by atoms with van der Waals surface area (Å²) in [4.78, 5) is 2.78. The van der Waals surface area contributed by atoms with Crippen LogP contribution < -0.4 is 5.32 Å². The molecule has 0 aromatic heterocycles. The molecule has 1 N–H and O–H groups in total. The van der Waals surface area contributed by atoms with Gasteiger partial charge in [0.15, 0.2) is 0 Å². The van der Waals surface area contributed by atoms with Gasteiger partial charge in [-0.1, -0.05) is 6.42 Å². The van der Waals surface area contributed by atoms with Crippen LogP contribution in [-0.2, 0) is 4.74 Å². The molecule has 1 aliphatic carbocycles. The molecule has 2 saturated heterocycles. The van der Waals surface area contributed by atoms with Crippen LogP contribution in [0.25, 0.3) is 0 Å². The Hall–Kier alpha value is -0.120. The van der Waals surface area contributed by atoms with Crippen molar-refractivity contribution in [3.05, 3.63) is 0 Å². The van der Waals surface area contributed by atoms with Crippen molar-refractivity contribution in [3.63, 3.8) is 0 Å².